The van der Waals surface area contributed by atoms with Gasteiger partial charge in [0.2, 0.25) is 5.91 Å². The van der Waals surface area contributed by atoms with Crippen molar-refractivity contribution in [2.75, 3.05) is 18.8 Å². The van der Waals surface area contributed by atoms with Gasteiger partial charge in [-0.05, 0) is 24.1 Å². The topological polar surface area (TPSA) is 130 Å². The van der Waals surface area contributed by atoms with Crippen LogP contribution in [0.2, 0.25) is 0 Å². The second-order valence-electron chi connectivity index (χ2n) is 7.19. The number of amides is 2. The lowest BCUT2D eigenvalue weighted by Crippen LogP contribution is -2.65. The van der Waals surface area contributed by atoms with Crippen LogP contribution in [0.3, 0.4) is 0 Å². The molecule has 0 saturated carbocycles. The van der Waals surface area contributed by atoms with Crippen LogP contribution in [0.1, 0.15) is 21.7 Å². The van der Waals surface area contributed by atoms with E-state index < -0.39 is 5.41 Å². The molecule has 0 spiro atoms. The number of hydrogen-bond acceptors (Lipinski definition) is 6. The van der Waals surface area contributed by atoms with Crippen molar-refractivity contribution in [3.8, 4) is 0 Å². The molecule has 1 fully saturated rings. The van der Waals surface area contributed by atoms with E-state index in [-0.39, 0.29) is 18.4 Å². The van der Waals surface area contributed by atoms with Crippen LogP contribution in [-0.2, 0) is 17.8 Å². The van der Waals surface area contributed by atoms with Gasteiger partial charge < -0.3 is 16.0 Å². The average molecular weight is 391 g/mol. The van der Waals surface area contributed by atoms with E-state index in [0.717, 1.165) is 5.56 Å². The molecule has 148 valence electrons. The standard InChI is InChI=1S/C20H21N7O2/c21-16-7-6-15(9-22-16)18(28)27-11-20(12-27,8-14-4-2-1-3-5-14)19(29)23-10-17-24-13-25-26-17/h1-7,9,13H,8,10-12H2,(H2,21,22)(H,23,29)(H,24,25,26). The minimum atomic E-state index is -0.696. The highest BCUT2D eigenvalue weighted by Crippen LogP contribution is 2.35. The second-order valence-corrected chi connectivity index (χ2v) is 7.19. The predicted octanol–water partition coefficient (Wildman–Crippen LogP) is 0.783. The Hall–Kier alpha value is -3.75. The predicted molar refractivity (Wildman–Crippen MR) is 105 cm³/mol. The van der Waals surface area contributed by atoms with Crippen LogP contribution in [-0.4, -0.2) is 50.0 Å². The van der Waals surface area contributed by atoms with Gasteiger partial charge in [-0.15, -0.1) is 0 Å². The summed E-state index contributed by atoms with van der Waals surface area (Å²) in [5, 5.41) is 9.42. The zero-order valence-corrected chi connectivity index (χ0v) is 15.7. The number of H-pyrrole nitrogens is 1. The van der Waals surface area contributed by atoms with Crippen LogP contribution in [0, 0.1) is 5.41 Å². The largest absolute Gasteiger partial charge is 0.384 e. The van der Waals surface area contributed by atoms with E-state index in [9.17, 15) is 9.59 Å². The second kappa shape index (κ2) is 7.70. The van der Waals surface area contributed by atoms with Gasteiger partial charge in [0.15, 0.2) is 0 Å². The molecule has 0 bridgehead atoms. The minimum Gasteiger partial charge on any atom is -0.384 e. The number of nitrogens with two attached hydrogens (primary N) is 1. The van der Waals surface area contributed by atoms with E-state index in [1.54, 1.807) is 17.0 Å². The Bertz CT molecular complexity index is 981. The third-order valence-corrected chi connectivity index (χ3v) is 5.06. The van der Waals surface area contributed by atoms with Gasteiger partial charge in [0, 0.05) is 19.3 Å². The summed E-state index contributed by atoms with van der Waals surface area (Å²) in [5.41, 5.74) is 6.39. The zero-order chi connectivity index (χ0) is 20.3. The van der Waals surface area contributed by atoms with Crippen molar-refractivity contribution >= 4 is 17.6 Å². The number of anilines is 1. The lowest BCUT2D eigenvalue weighted by molar-refractivity contribution is -0.139. The van der Waals surface area contributed by atoms with Gasteiger partial charge >= 0.3 is 0 Å². The number of nitrogen functional groups attached to an aromatic ring is 1. The van der Waals surface area contributed by atoms with E-state index >= 15 is 0 Å². The van der Waals surface area contributed by atoms with Crippen molar-refractivity contribution < 1.29 is 9.59 Å². The summed E-state index contributed by atoms with van der Waals surface area (Å²) in [6.07, 6.45) is 3.39. The molecule has 2 amide bonds. The van der Waals surface area contributed by atoms with Crippen LogP contribution in [0.5, 0.6) is 0 Å². The number of likely N-dealkylation sites (tertiary alicyclic amines) is 1. The summed E-state index contributed by atoms with van der Waals surface area (Å²) in [4.78, 5) is 35.4. The van der Waals surface area contributed by atoms with Crippen LogP contribution in [0.4, 0.5) is 5.82 Å². The van der Waals surface area contributed by atoms with Crippen molar-refractivity contribution in [1.29, 1.82) is 0 Å². The molecule has 0 unspecified atom stereocenters. The van der Waals surface area contributed by atoms with Gasteiger partial charge in [0.05, 0.1) is 17.5 Å². The first-order valence-corrected chi connectivity index (χ1v) is 9.23. The van der Waals surface area contributed by atoms with Gasteiger partial charge in [0.1, 0.15) is 18.0 Å². The molecule has 1 saturated heterocycles. The number of rotatable bonds is 6. The highest BCUT2D eigenvalue weighted by molar-refractivity contribution is 5.97. The summed E-state index contributed by atoms with van der Waals surface area (Å²) >= 11 is 0. The van der Waals surface area contributed by atoms with Gasteiger partial charge in [-0.3, -0.25) is 14.7 Å². The molecule has 1 aliphatic rings. The highest BCUT2D eigenvalue weighted by Gasteiger charge is 2.51. The smallest absolute Gasteiger partial charge is 0.255 e. The molecule has 3 heterocycles. The molecule has 4 N–H and O–H groups in total. The van der Waals surface area contributed by atoms with Crippen LogP contribution in [0.15, 0.2) is 55.0 Å². The Morgan fingerprint density at radius 3 is 2.59 bits per heavy atom. The lowest BCUT2D eigenvalue weighted by Gasteiger charge is -2.49. The third kappa shape index (κ3) is 3.93. The number of hydrogen-bond donors (Lipinski definition) is 3. The molecular weight excluding hydrogens is 370 g/mol. The molecule has 4 rings (SSSR count). The van der Waals surface area contributed by atoms with Gasteiger partial charge in [-0.1, -0.05) is 30.3 Å². The van der Waals surface area contributed by atoms with Crippen LogP contribution < -0.4 is 11.1 Å². The van der Waals surface area contributed by atoms with E-state index in [4.69, 9.17) is 5.73 Å². The quantitative estimate of drug-likeness (QED) is 0.569. The number of benzene rings is 1. The van der Waals surface area contributed by atoms with Crippen molar-refractivity contribution in [2.24, 2.45) is 5.41 Å². The normalized spacial score (nSPS) is 14.8. The molecule has 0 aliphatic carbocycles. The van der Waals surface area contributed by atoms with E-state index in [1.165, 1.54) is 12.5 Å². The molecule has 9 heteroatoms. The van der Waals surface area contributed by atoms with E-state index in [0.29, 0.717) is 36.7 Å². The summed E-state index contributed by atoms with van der Waals surface area (Å²) in [6, 6.07) is 13.0. The Balaban J connectivity index is 1.48. The first-order valence-electron chi connectivity index (χ1n) is 9.23. The molecular formula is C20H21N7O2. The van der Waals surface area contributed by atoms with E-state index in [1.807, 2.05) is 30.3 Å². The molecule has 1 aromatic carbocycles. The fraction of sp³-hybridized carbons (Fsp3) is 0.250. The highest BCUT2D eigenvalue weighted by atomic mass is 16.2. The summed E-state index contributed by atoms with van der Waals surface area (Å²) < 4.78 is 0. The Labute approximate surface area is 167 Å². The Kier molecular flexibility index (Phi) is 4.94. The number of aromatic nitrogens is 4. The molecule has 2 aromatic heterocycles. The van der Waals surface area contributed by atoms with Crippen molar-refractivity contribution in [3.63, 3.8) is 0 Å². The minimum absolute atomic E-state index is 0.114. The molecule has 9 nitrogen and oxygen atoms in total. The number of carbonyl (C=O) groups excluding carboxylic acids is 2. The molecule has 1 aliphatic heterocycles. The molecule has 0 radical (unpaired) electrons. The summed E-state index contributed by atoms with van der Waals surface area (Å²) in [6.45, 7) is 0.909. The number of aromatic amines is 1. The van der Waals surface area contributed by atoms with Gasteiger partial charge in [-0.2, -0.15) is 5.10 Å². The van der Waals surface area contributed by atoms with E-state index in [2.05, 4.69) is 25.5 Å². The SMILES string of the molecule is Nc1ccc(C(=O)N2CC(Cc3ccccc3)(C(=O)NCc3ncn[nH]3)C2)cn1. The number of nitrogens with one attached hydrogen (secondary N) is 2. The number of carbonyl (C=O) groups is 2. The van der Waals surface area contributed by atoms with Crippen molar-refractivity contribution in [1.82, 2.24) is 30.4 Å². The lowest BCUT2D eigenvalue weighted by atomic mass is 9.73. The maximum Gasteiger partial charge on any atom is 0.255 e. The van der Waals surface area contributed by atoms with Crippen molar-refractivity contribution in [3.05, 3.63) is 71.9 Å². The van der Waals surface area contributed by atoms with Gasteiger partial charge in [-0.25, -0.2) is 9.97 Å². The van der Waals surface area contributed by atoms with Crippen LogP contribution >= 0.6 is 0 Å². The maximum absolute atomic E-state index is 13.1. The summed E-state index contributed by atoms with van der Waals surface area (Å²) in [5.74, 6) is 0.658. The number of pyridine rings is 1. The zero-order valence-electron chi connectivity index (χ0n) is 15.7. The maximum atomic E-state index is 13.1. The molecule has 0 atom stereocenters. The first-order chi connectivity index (χ1) is 14.1. The average Bonchev–Trinajstić information content (AvgIpc) is 3.23. The van der Waals surface area contributed by atoms with Gasteiger partial charge in [0.25, 0.3) is 5.91 Å². The summed E-state index contributed by atoms with van der Waals surface area (Å²) in [7, 11) is 0. The Morgan fingerprint density at radius 2 is 1.93 bits per heavy atom. The Morgan fingerprint density at radius 1 is 1.14 bits per heavy atom. The fourth-order valence-electron chi connectivity index (χ4n) is 3.53. The molecule has 29 heavy (non-hydrogen) atoms. The first kappa shape index (κ1) is 18.6. The van der Waals surface area contributed by atoms with Crippen molar-refractivity contribution in [2.45, 2.75) is 13.0 Å². The number of nitrogens with zero attached hydrogens (tertiary/aromatic N) is 4. The fourth-order valence-corrected chi connectivity index (χ4v) is 3.53. The monoisotopic (exact) mass is 391 g/mol. The third-order valence-electron chi connectivity index (χ3n) is 5.06. The van der Waals surface area contributed by atoms with Crippen LogP contribution in [0.25, 0.3) is 0 Å². The molecule has 3 aromatic rings.